The average molecular weight is 239 g/mol. The summed E-state index contributed by atoms with van der Waals surface area (Å²) < 4.78 is 5.13. The van der Waals surface area contributed by atoms with E-state index in [-0.39, 0.29) is 5.97 Å². The van der Waals surface area contributed by atoms with Crippen molar-refractivity contribution in [3.05, 3.63) is 30.3 Å². The van der Waals surface area contributed by atoms with Crippen molar-refractivity contribution in [2.45, 2.75) is 19.4 Å². The van der Waals surface area contributed by atoms with Crippen LogP contribution in [-0.2, 0) is 4.79 Å². The molecule has 0 amide bonds. The van der Waals surface area contributed by atoms with Gasteiger partial charge in [0.2, 0.25) is 0 Å². The van der Waals surface area contributed by atoms with Gasteiger partial charge in [0.25, 0.3) is 0 Å². The zero-order valence-corrected chi connectivity index (χ0v) is 10.2. The van der Waals surface area contributed by atoms with Crippen LogP contribution in [0, 0.1) is 0 Å². The van der Waals surface area contributed by atoms with Crippen LogP contribution in [0.2, 0.25) is 0 Å². The van der Waals surface area contributed by atoms with E-state index in [0.29, 0.717) is 12.2 Å². The lowest BCUT2D eigenvalue weighted by Crippen LogP contribution is -2.34. The monoisotopic (exact) mass is 239 g/mol. The minimum atomic E-state index is -0.528. The van der Waals surface area contributed by atoms with Crippen molar-refractivity contribution in [2.75, 3.05) is 11.5 Å². The largest absolute Gasteiger partial charge is 0.425 e. The molecule has 16 heavy (non-hydrogen) atoms. The van der Waals surface area contributed by atoms with Gasteiger partial charge in [0.05, 0.1) is 0 Å². The number of thioether (sulfide) groups is 1. The van der Waals surface area contributed by atoms with Gasteiger partial charge in [-0.05, 0) is 30.1 Å². The summed E-state index contributed by atoms with van der Waals surface area (Å²) in [6, 6.07) is 8.47. The number of carbonyl (C=O) groups is 1. The van der Waals surface area contributed by atoms with Crippen LogP contribution in [0.1, 0.15) is 13.3 Å². The number of carbonyl (C=O) groups excluding carboxylic acids is 1. The van der Waals surface area contributed by atoms with Crippen LogP contribution in [0.25, 0.3) is 0 Å². The molecule has 0 aromatic heterocycles. The number of rotatable bonds is 6. The van der Waals surface area contributed by atoms with Gasteiger partial charge in [-0.2, -0.15) is 11.8 Å². The molecule has 0 heterocycles. The van der Waals surface area contributed by atoms with Crippen LogP contribution in [0.5, 0.6) is 5.75 Å². The zero-order valence-electron chi connectivity index (χ0n) is 9.39. The smallest absolute Gasteiger partial charge is 0.328 e. The number of benzene rings is 1. The molecular formula is C12H17NO2S. The van der Waals surface area contributed by atoms with Crippen LogP contribution < -0.4 is 10.5 Å². The van der Waals surface area contributed by atoms with Gasteiger partial charge in [-0.3, -0.25) is 0 Å². The van der Waals surface area contributed by atoms with Gasteiger partial charge in [0.15, 0.2) is 0 Å². The molecule has 3 nitrogen and oxygen atoms in total. The Kier molecular flexibility index (Phi) is 5.96. The molecule has 0 unspecified atom stereocenters. The first-order chi connectivity index (χ1) is 7.74. The van der Waals surface area contributed by atoms with Gasteiger partial charge >= 0.3 is 5.97 Å². The molecule has 0 fully saturated rings. The Morgan fingerprint density at radius 1 is 1.44 bits per heavy atom. The van der Waals surface area contributed by atoms with Crippen LogP contribution in [0.15, 0.2) is 30.3 Å². The molecule has 0 aliphatic rings. The minimum Gasteiger partial charge on any atom is -0.425 e. The highest BCUT2D eigenvalue weighted by atomic mass is 32.2. The summed E-state index contributed by atoms with van der Waals surface area (Å²) in [6.07, 6.45) is 0.657. The fraction of sp³-hybridized carbons (Fsp3) is 0.417. The van der Waals surface area contributed by atoms with E-state index in [2.05, 4.69) is 6.92 Å². The molecule has 88 valence electrons. The van der Waals surface area contributed by atoms with Crippen LogP contribution >= 0.6 is 11.8 Å². The van der Waals surface area contributed by atoms with E-state index in [1.54, 1.807) is 23.9 Å². The van der Waals surface area contributed by atoms with Crippen LogP contribution in [0.4, 0.5) is 0 Å². The van der Waals surface area contributed by atoms with E-state index >= 15 is 0 Å². The van der Waals surface area contributed by atoms with Crippen LogP contribution in [0.3, 0.4) is 0 Å². The fourth-order valence-corrected chi connectivity index (χ4v) is 1.86. The molecule has 4 heteroatoms. The lowest BCUT2D eigenvalue weighted by atomic mass is 10.2. The molecule has 0 aliphatic carbocycles. The van der Waals surface area contributed by atoms with Crippen LogP contribution in [-0.4, -0.2) is 23.5 Å². The van der Waals surface area contributed by atoms with Crippen molar-refractivity contribution >= 4 is 17.7 Å². The first-order valence-corrected chi connectivity index (χ1v) is 6.49. The zero-order chi connectivity index (χ0) is 11.8. The Labute approximate surface area is 100 Å². The lowest BCUT2D eigenvalue weighted by molar-refractivity contribution is -0.135. The second-order valence-electron chi connectivity index (χ2n) is 3.33. The topological polar surface area (TPSA) is 52.3 Å². The van der Waals surface area contributed by atoms with Crippen molar-refractivity contribution in [2.24, 2.45) is 5.73 Å². The molecule has 0 spiro atoms. The molecule has 1 rings (SSSR count). The van der Waals surface area contributed by atoms with E-state index in [4.69, 9.17) is 10.5 Å². The molecule has 0 bridgehead atoms. The summed E-state index contributed by atoms with van der Waals surface area (Å²) in [5, 5.41) is 0. The van der Waals surface area contributed by atoms with Gasteiger partial charge in [0.1, 0.15) is 11.8 Å². The summed E-state index contributed by atoms with van der Waals surface area (Å²) in [6.45, 7) is 2.08. The molecule has 1 aromatic carbocycles. The molecule has 1 atom stereocenters. The Bertz CT molecular complexity index is 316. The number of esters is 1. The Morgan fingerprint density at radius 2 is 2.12 bits per heavy atom. The van der Waals surface area contributed by atoms with Gasteiger partial charge in [-0.1, -0.05) is 25.1 Å². The molecule has 0 radical (unpaired) electrons. The SMILES string of the molecule is CCSCC[C@H](N)C(=O)Oc1ccccc1. The number of hydrogen-bond donors (Lipinski definition) is 1. The lowest BCUT2D eigenvalue weighted by Gasteiger charge is -2.10. The molecule has 1 aromatic rings. The highest BCUT2D eigenvalue weighted by molar-refractivity contribution is 7.99. The summed E-state index contributed by atoms with van der Waals surface area (Å²) in [5.41, 5.74) is 5.72. The second-order valence-corrected chi connectivity index (χ2v) is 4.72. The van der Waals surface area contributed by atoms with Crippen molar-refractivity contribution < 1.29 is 9.53 Å². The Hall–Kier alpha value is -1.00. The standard InChI is InChI=1S/C12H17NO2S/c1-2-16-9-8-11(13)12(14)15-10-6-4-3-5-7-10/h3-7,11H,2,8-9,13H2,1H3/t11-/m0/s1. The number of nitrogens with two attached hydrogens (primary N) is 1. The maximum Gasteiger partial charge on any atom is 0.328 e. The molecular weight excluding hydrogens is 222 g/mol. The maximum atomic E-state index is 11.6. The first kappa shape index (κ1) is 13.1. The third-order valence-electron chi connectivity index (χ3n) is 2.04. The fourth-order valence-electron chi connectivity index (χ4n) is 1.15. The molecule has 0 saturated heterocycles. The quantitative estimate of drug-likeness (QED) is 0.469. The second kappa shape index (κ2) is 7.30. The van der Waals surface area contributed by atoms with Gasteiger partial charge in [-0.25, -0.2) is 4.79 Å². The van der Waals surface area contributed by atoms with Gasteiger partial charge in [-0.15, -0.1) is 0 Å². The van der Waals surface area contributed by atoms with Crippen molar-refractivity contribution in [3.63, 3.8) is 0 Å². The maximum absolute atomic E-state index is 11.6. The van der Waals surface area contributed by atoms with E-state index < -0.39 is 6.04 Å². The molecule has 2 N–H and O–H groups in total. The molecule has 0 saturated carbocycles. The van der Waals surface area contributed by atoms with Crippen molar-refractivity contribution in [1.29, 1.82) is 0 Å². The van der Waals surface area contributed by atoms with E-state index in [1.807, 2.05) is 18.2 Å². The average Bonchev–Trinajstić information content (AvgIpc) is 2.30. The Morgan fingerprint density at radius 3 is 2.75 bits per heavy atom. The van der Waals surface area contributed by atoms with Gasteiger partial charge < -0.3 is 10.5 Å². The Balaban J connectivity index is 2.34. The van der Waals surface area contributed by atoms with E-state index in [0.717, 1.165) is 11.5 Å². The predicted octanol–water partition coefficient (Wildman–Crippen LogP) is 2.06. The summed E-state index contributed by atoms with van der Waals surface area (Å²) in [5.74, 6) is 2.12. The summed E-state index contributed by atoms with van der Waals surface area (Å²) in [4.78, 5) is 11.6. The van der Waals surface area contributed by atoms with Gasteiger partial charge in [0, 0.05) is 0 Å². The molecule has 0 aliphatic heterocycles. The third-order valence-corrected chi connectivity index (χ3v) is 2.97. The first-order valence-electron chi connectivity index (χ1n) is 5.34. The number of hydrogen-bond acceptors (Lipinski definition) is 4. The summed E-state index contributed by atoms with van der Waals surface area (Å²) in [7, 11) is 0. The van der Waals surface area contributed by atoms with E-state index in [9.17, 15) is 4.79 Å². The predicted molar refractivity (Wildman–Crippen MR) is 67.7 cm³/mol. The highest BCUT2D eigenvalue weighted by Gasteiger charge is 2.15. The van der Waals surface area contributed by atoms with Crippen molar-refractivity contribution in [1.82, 2.24) is 0 Å². The normalized spacial score (nSPS) is 12.1. The number of ether oxygens (including phenoxy) is 1. The van der Waals surface area contributed by atoms with Crippen molar-refractivity contribution in [3.8, 4) is 5.75 Å². The summed E-state index contributed by atoms with van der Waals surface area (Å²) >= 11 is 1.77. The third kappa shape index (κ3) is 4.68. The number of para-hydroxylation sites is 1. The minimum absolute atomic E-state index is 0.358. The highest BCUT2D eigenvalue weighted by Crippen LogP contribution is 2.10. The van der Waals surface area contributed by atoms with E-state index in [1.165, 1.54) is 0 Å².